The maximum Gasteiger partial charge on any atom is 0.165 e. The molecule has 0 atom stereocenters. The number of ether oxygens (including phenoxy) is 2. The van der Waals surface area contributed by atoms with E-state index in [4.69, 9.17) is 9.47 Å². The summed E-state index contributed by atoms with van der Waals surface area (Å²) >= 11 is 2.76. The molecule has 0 aromatic heterocycles. The summed E-state index contributed by atoms with van der Waals surface area (Å²) in [7, 11) is 0. The average molecular weight is 405 g/mol. The summed E-state index contributed by atoms with van der Waals surface area (Å²) in [5.74, 6) is 1.59. The molecule has 0 saturated carbocycles. The van der Waals surface area contributed by atoms with Gasteiger partial charge in [0.05, 0.1) is 13.2 Å². The highest BCUT2D eigenvalue weighted by atomic mass is 79.9. The van der Waals surface area contributed by atoms with E-state index in [2.05, 4.69) is 15.9 Å². The van der Waals surface area contributed by atoms with Gasteiger partial charge >= 0.3 is 0 Å². The molecule has 0 aliphatic rings. The van der Waals surface area contributed by atoms with Crippen LogP contribution in [0.4, 0.5) is 4.39 Å². The molecule has 2 rings (SSSR count). The van der Waals surface area contributed by atoms with Gasteiger partial charge in [0, 0.05) is 5.41 Å². The predicted molar refractivity (Wildman–Crippen MR) is 104 cm³/mol. The van der Waals surface area contributed by atoms with E-state index >= 15 is 0 Å². The van der Waals surface area contributed by atoms with Crippen molar-refractivity contribution in [2.45, 2.75) is 20.5 Å². The zero-order valence-corrected chi connectivity index (χ0v) is 16.0. The maximum absolute atomic E-state index is 12.6. The van der Waals surface area contributed by atoms with Gasteiger partial charge in [0.15, 0.2) is 4.74 Å². The number of hydrogen-bond acceptors (Lipinski definition) is 2. The van der Waals surface area contributed by atoms with E-state index in [-0.39, 0.29) is 5.41 Å². The van der Waals surface area contributed by atoms with Gasteiger partial charge in [-0.25, -0.2) is 0 Å². The summed E-state index contributed by atoms with van der Waals surface area (Å²) in [6, 6.07) is 17.5. The zero-order valence-electron chi connectivity index (χ0n) is 14.4. The third-order valence-corrected chi connectivity index (χ3v) is 3.65. The molecule has 0 radical (unpaired) electrons. The maximum atomic E-state index is 12.6. The second-order valence-electron chi connectivity index (χ2n) is 6.36. The number of benzene rings is 2. The van der Waals surface area contributed by atoms with E-state index in [9.17, 15) is 4.39 Å². The molecule has 2 nitrogen and oxygen atoms in total. The molecule has 4 heteroatoms. The van der Waals surface area contributed by atoms with Crippen molar-refractivity contribution in [3.05, 3.63) is 83.1 Å². The lowest BCUT2D eigenvalue weighted by Crippen LogP contribution is -2.16. The summed E-state index contributed by atoms with van der Waals surface area (Å²) in [5.41, 5.74) is 0.858. The van der Waals surface area contributed by atoms with Crippen molar-refractivity contribution in [1.29, 1.82) is 0 Å². The monoisotopic (exact) mass is 404 g/mol. The molecule has 0 saturated heterocycles. The minimum absolute atomic E-state index is 0.183. The first-order chi connectivity index (χ1) is 11.9. The van der Waals surface area contributed by atoms with Gasteiger partial charge in [0.2, 0.25) is 0 Å². The summed E-state index contributed by atoms with van der Waals surface area (Å²) in [4.78, 5) is 0. The third-order valence-electron chi connectivity index (χ3n) is 3.39. The molecule has 0 heterocycles. The smallest absolute Gasteiger partial charge is 0.165 e. The molecule has 2 aromatic rings. The van der Waals surface area contributed by atoms with Crippen LogP contribution in [0.3, 0.4) is 0 Å². The van der Waals surface area contributed by atoms with Crippen LogP contribution in [0.1, 0.15) is 19.4 Å². The minimum Gasteiger partial charge on any atom is -0.457 e. The standard InChI is InChI=1S/C21H22BrFO2/c1-21(2,13-7-12-20(22)23)16-24-15-17-8-6-11-19(14-17)25-18-9-4-3-5-10-18/h3-14H,15-16H2,1-2H3. The zero-order chi connectivity index (χ0) is 18.1. The molecule has 25 heavy (non-hydrogen) atoms. The fourth-order valence-corrected chi connectivity index (χ4v) is 2.34. The van der Waals surface area contributed by atoms with Gasteiger partial charge in [0.1, 0.15) is 11.5 Å². The van der Waals surface area contributed by atoms with Gasteiger partial charge in [-0.15, -0.1) is 0 Å². The van der Waals surface area contributed by atoms with Crippen molar-refractivity contribution in [3.63, 3.8) is 0 Å². The lowest BCUT2D eigenvalue weighted by atomic mass is 9.94. The number of allylic oxidation sites excluding steroid dienone is 2. The Hall–Kier alpha value is -1.91. The number of rotatable bonds is 8. The van der Waals surface area contributed by atoms with E-state index in [0.717, 1.165) is 17.1 Å². The van der Waals surface area contributed by atoms with Gasteiger partial charge in [-0.1, -0.05) is 56.3 Å². The molecule has 0 unspecified atom stereocenters. The van der Waals surface area contributed by atoms with Gasteiger partial charge in [-0.05, 0) is 51.8 Å². The van der Waals surface area contributed by atoms with Crippen molar-refractivity contribution >= 4 is 15.9 Å². The molecule has 0 aliphatic carbocycles. The first-order valence-electron chi connectivity index (χ1n) is 8.05. The molecule has 0 spiro atoms. The second-order valence-corrected chi connectivity index (χ2v) is 7.12. The van der Waals surface area contributed by atoms with Gasteiger partial charge in [-0.3, -0.25) is 0 Å². The van der Waals surface area contributed by atoms with Crippen LogP contribution in [0.5, 0.6) is 11.5 Å². The van der Waals surface area contributed by atoms with Crippen LogP contribution < -0.4 is 4.74 Å². The molecule has 0 fully saturated rings. The number of hydrogen-bond donors (Lipinski definition) is 0. The quantitative estimate of drug-likeness (QED) is 0.451. The van der Waals surface area contributed by atoms with Crippen LogP contribution in [0, 0.1) is 5.41 Å². The molecule has 0 bridgehead atoms. The van der Waals surface area contributed by atoms with Crippen LogP contribution >= 0.6 is 15.9 Å². The van der Waals surface area contributed by atoms with E-state index in [1.165, 1.54) is 6.08 Å². The number of para-hydroxylation sites is 1. The van der Waals surface area contributed by atoms with Crippen molar-refractivity contribution in [3.8, 4) is 11.5 Å². The summed E-state index contributed by atoms with van der Waals surface area (Å²) < 4.78 is 23.9. The van der Waals surface area contributed by atoms with E-state index in [1.54, 1.807) is 6.08 Å². The average Bonchev–Trinajstić information content (AvgIpc) is 2.55. The summed E-state index contributed by atoms with van der Waals surface area (Å²) in [6.07, 6.45) is 4.97. The molecular weight excluding hydrogens is 383 g/mol. The second kappa shape index (κ2) is 9.54. The first-order valence-corrected chi connectivity index (χ1v) is 8.84. The Bertz CT molecular complexity index is 720. The van der Waals surface area contributed by atoms with Gasteiger partial charge < -0.3 is 9.47 Å². The largest absolute Gasteiger partial charge is 0.457 e. The topological polar surface area (TPSA) is 18.5 Å². The van der Waals surface area contributed by atoms with Crippen LogP contribution in [0.15, 0.2) is 77.6 Å². The van der Waals surface area contributed by atoms with Crippen molar-refractivity contribution < 1.29 is 13.9 Å². The molecule has 0 N–H and O–H groups in total. The normalized spacial score (nSPS) is 12.6. The summed E-state index contributed by atoms with van der Waals surface area (Å²) in [6.45, 7) is 5.10. The molecule has 0 amide bonds. The third kappa shape index (κ3) is 7.67. The lowest BCUT2D eigenvalue weighted by Gasteiger charge is -2.20. The molecule has 132 valence electrons. The highest BCUT2D eigenvalue weighted by Gasteiger charge is 2.13. The van der Waals surface area contributed by atoms with Gasteiger partial charge in [-0.2, -0.15) is 4.39 Å². The Kier molecular flexibility index (Phi) is 7.41. The van der Waals surface area contributed by atoms with Crippen LogP contribution in [-0.2, 0) is 11.3 Å². The predicted octanol–water partition coefficient (Wildman–Crippen LogP) is 6.78. The number of halogens is 2. The van der Waals surface area contributed by atoms with Crippen LogP contribution in [0.2, 0.25) is 0 Å². The van der Waals surface area contributed by atoms with E-state index in [0.29, 0.717) is 13.2 Å². The van der Waals surface area contributed by atoms with Crippen LogP contribution in [0.25, 0.3) is 0 Å². The summed E-state index contributed by atoms with van der Waals surface area (Å²) in [5, 5.41) is 0. The highest BCUT2D eigenvalue weighted by molar-refractivity contribution is 9.11. The Morgan fingerprint density at radius 2 is 1.80 bits per heavy atom. The van der Waals surface area contributed by atoms with Gasteiger partial charge in [0.25, 0.3) is 0 Å². The SMILES string of the molecule is CC(C)(C=CC=C(F)Br)COCc1cccc(Oc2ccccc2)c1. The fraction of sp³-hybridized carbons (Fsp3) is 0.238. The first kappa shape index (κ1) is 19.4. The highest BCUT2D eigenvalue weighted by Crippen LogP contribution is 2.23. The molecule has 2 aromatic carbocycles. The van der Waals surface area contributed by atoms with Crippen LogP contribution in [-0.4, -0.2) is 6.61 Å². The Morgan fingerprint density at radius 1 is 1.08 bits per heavy atom. The molecular formula is C21H22BrFO2. The Balaban J connectivity index is 1.88. The van der Waals surface area contributed by atoms with Crippen molar-refractivity contribution in [2.24, 2.45) is 5.41 Å². The van der Waals surface area contributed by atoms with E-state index in [1.807, 2.05) is 74.5 Å². The Morgan fingerprint density at radius 3 is 2.52 bits per heavy atom. The fourth-order valence-electron chi connectivity index (χ4n) is 2.18. The van der Waals surface area contributed by atoms with E-state index < -0.39 is 4.74 Å². The lowest BCUT2D eigenvalue weighted by molar-refractivity contribution is 0.0716. The van der Waals surface area contributed by atoms with Crippen molar-refractivity contribution in [1.82, 2.24) is 0 Å². The minimum atomic E-state index is -0.393. The van der Waals surface area contributed by atoms with Crippen molar-refractivity contribution in [2.75, 3.05) is 6.61 Å². The Labute approximate surface area is 157 Å². The molecule has 0 aliphatic heterocycles.